The van der Waals surface area contributed by atoms with Crippen molar-refractivity contribution in [1.29, 1.82) is 0 Å². The number of rotatable bonds is 6. The molecule has 0 radical (unpaired) electrons. The third kappa shape index (κ3) is 4.94. The van der Waals surface area contributed by atoms with Gasteiger partial charge >= 0.3 is 8.80 Å². The van der Waals surface area contributed by atoms with Gasteiger partial charge in [0.2, 0.25) is 0 Å². The van der Waals surface area contributed by atoms with Crippen molar-refractivity contribution in [3.63, 3.8) is 0 Å². The second-order valence-electron chi connectivity index (χ2n) is 18.5. The minimum absolute atomic E-state index is 0.954. The monoisotopic (exact) mass is 872 g/mol. The lowest BCUT2D eigenvalue weighted by Gasteiger charge is -2.26. The number of benzene rings is 15. The Balaban J connectivity index is 0.953. The van der Waals surface area contributed by atoms with Crippen LogP contribution in [-0.4, -0.2) is 30.1 Å². The van der Waals surface area contributed by atoms with E-state index < -0.39 is 8.80 Å². The van der Waals surface area contributed by atoms with Crippen molar-refractivity contribution in [3.05, 3.63) is 188 Å². The van der Waals surface area contributed by atoms with E-state index in [4.69, 9.17) is 13.3 Å². The van der Waals surface area contributed by atoms with Gasteiger partial charge in [-0.2, -0.15) is 0 Å². The number of fused-ring (bicyclic) bond motifs is 6. The lowest BCUT2D eigenvalue weighted by Crippen LogP contribution is -2.54. The second kappa shape index (κ2) is 13.4. The fourth-order valence-corrected chi connectivity index (χ4v) is 14.4. The zero-order chi connectivity index (χ0) is 44.3. The Hall–Kier alpha value is -7.70. The van der Waals surface area contributed by atoms with E-state index in [0.29, 0.717) is 0 Å². The van der Waals surface area contributed by atoms with E-state index in [0.717, 1.165) is 10.6 Å². The Kier molecular flexibility index (Phi) is 7.53. The molecule has 0 bridgehead atoms. The average Bonchev–Trinajstić information content (AvgIpc) is 3.38. The van der Waals surface area contributed by atoms with Gasteiger partial charge in [-0.15, -0.1) is 0 Å². The molecule has 0 heterocycles. The van der Waals surface area contributed by atoms with Gasteiger partial charge in [0.25, 0.3) is 0 Å². The molecule has 15 rings (SSSR count). The van der Waals surface area contributed by atoms with Gasteiger partial charge in [0.05, 0.1) is 0 Å². The van der Waals surface area contributed by atoms with E-state index in [1.54, 1.807) is 21.3 Å². The highest BCUT2D eigenvalue weighted by Gasteiger charge is 2.41. The summed E-state index contributed by atoms with van der Waals surface area (Å²) >= 11 is 0. The topological polar surface area (TPSA) is 27.7 Å². The van der Waals surface area contributed by atoms with Crippen LogP contribution in [0.3, 0.4) is 0 Å². The summed E-state index contributed by atoms with van der Waals surface area (Å²) in [5.74, 6) is 0. The first-order valence-corrected chi connectivity index (χ1v) is 24.8. The highest BCUT2D eigenvalue weighted by molar-refractivity contribution is 6.75. The molecule has 15 aromatic carbocycles. The number of hydrogen-bond donors (Lipinski definition) is 0. The van der Waals surface area contributed by atoms with Gasteiger partial charge in [0.1, 0.15) is 0 Å². The van der Waals surface area contributed by atoms with Crippen LogP contribution in [0.4, 0.5) is 0 Å². The molecule has 4 heteroatoms. The van der Waals surface area contributed by atoms with Gasteiger partial charge in [0, 0.05) is 26.5 Å². The highest BCUT2D eigenvalue weighted by atomic mass is 28.4. The summed E-state index contributed by atoms with van der Waals surface area (Å²) in [6, 6.07) is 71.2. The SMILES string of the molecule is CO[Si](OC)(OC)c1cc2cccc3c4cc(-c5cc6cccc7c8cc(-c9cc%10cccc%11c%12cccc%13cccc(c(c9)c%10%11)c%13%12)cc9cccc(c(c5)c67)c98)cc5cccc(c(c1)c23)c54. The molecule has 3 nitrogen and oxygen atoms in total. The van der Waals surface area contributed by atoms with Gasteiger partial charge < -0.3 is 13.3 Å². The van der Waals surface area contributed by atoms with Gasteiger partial charge in [-0.25, -0.2) is 0 Å². The summed E-state index contributed by atoms with van der Waals surface area (Å²) in [5, 5.41) is 31.5. The molecule has 15 aromatic rings. The van der Waals surface area contributed by atoms with E-state index in [1.807, 2.05) is 0 Å². The first kappa shape index (κ1) is 37.5. The van der Waals surface area contributed by atoms with Crippen molar-refractivity contribution in [3.8, 4) is 22.3 Å². The third-order valence-electron chi connectivity index (χ3n) is 15.4. The quantitative estimate of drug-likeness (QED) is 0.0946. The maximum Gasteiger partial charge on any atom is 0.536 e. The summed E-state index contributed by atoms with van der Waals surface area (Å²) in [4.78, 5) is 0. The fourth-order valence-electron chi connectivity index (χ4n) is 12.6. The average molecular weight is 873 g/mol. The standard InChI is InChI=1S/C63H40O3Si/c1-64-67(65-2,66-3)45-29-40-17-10-23-51-56-33-44(28-39-16-9-24-52(62(39)56)57(34-45)63(40)51)43-27-38-15-8-21-49-54-31-42(26-37-14-7-22-50(60(37)54)55(32-43)61(38)49)41-25-36-13-6-19-47-46-18-4-11-35-12-5-20-48(58(35)46)53(30-41)59(36)47/h4-34H,1-3H3. The maximum atomic E-state index is 5.99. The van der Waals surface area contributed by atoms with Crippen molar-refractivity contribution in [2.24, 2.45) is 0 Å². The zero-order valence-corrected chi connectivity index (χ0v) is 38.1. The molecule has 67 heavy (non-hydrogen) atoms. The van der Waals surface area contributed by atoms with Crippen LogP contribution in [0.25, 0.3) is 152 Å². The van der Waals surface area contributed by atoms with Crippen LogP contribution in [0, 0.1) is 0 Å². The lowest BCUT2D eigenvalue weighted by atomic mass is 9.84. The van der Waals surface area contributed by atoms with Crippen LogP contribution in [-0.2, 0) is 13.3 Å². The predicted molar refractivity (Wildman–Crippen MR) is 287 cm³/mol. The van der Waals surface area contributed by atoms with E-state index >= 15 is 0 Å². The molecule has 0 saturated heterocycles. The minimum atomic E-state index is -3.10. The van der Waals surface area contributed by atoms with E-state index in [1.165, 1.54) is 146 Å². The number of hydrogen-bond acceptors (Lipinski definition) is 3. The summed E-state index contributed by atoms with van der Waals surface area (Å²) in [5.41, 5.74) is 4.90. The molecular formula is C63H40O3Si. The summed E-state index contributed by atoms with van der Waals surface area (Å²) in [7, 11) is 1.93. The van der Waals surface area contributed by atoms with E-state index in [-0.39, 0.29) is 0 Å². The summed E-state index contributed by atoms with van der Waals surface area (Å²) in [6.07, 6.45) is 0. The smallest absolute Gasteiger partial charge is 0.373 e. The molecule has 0 amide bonds. The molecule has 0 aliphatic carbocycles. The van der Waals surface area contributed by atoms with Crippen LogP contribution in [0.15, 0.2) is 188 Å². The maximum absolute atomic E-state index is 5.99. The molecule has 0 aliphatic rings. The molecule has 0 N–H and O–H groups in total. The molecule has 0 fully saturated rings. The van der Waals surface area contributed by atoms with Gasteiger partial charge in [-0.1, -0.05) is 127 Å². The summed E-state index contributed by atoms with van der Waals surface area (Å²) < 4.78 is 18.0. The highest BCUT2D eigenvalue weighted by Crippen LogP contribution is 2.48. The Morgan fingerprint density at radius 3 is 0.776 bits per heavy atom. The zero-order valence-electron chi connectivity index (χ0n) is 37.1. The Bertz CT molecular complexity index is 4570. The molecule has 314 valence electrons. The minimum Gasteiger partial charge on any atom is -0.373 e. The predicted octanol–water partition coefficient (Wildman–Crippen LogP) is 16.3. The van der Waals surface area contributed by atoms with Crippen molar-refractivity contribution >= 4 is 143 Å². The van der Waals surface area contributed by atoms with Crippen molar-refractivity contribution < 1.29 is 13.3 Å². The second-order valence-corrected chi connectivity index (χ2v) is 21.4. The van der Waals surface area contributed by atoms with Crippen LogP contribution in [0.5, 0.6) is 0 Å². The van der Waals surface area contributed by atoms with E-state index in [2.05, 4.69) is 188 Å². The molecule has 0 spiro atoms. The first-order valence-electron chi connectivity index (χ1n) is 23.1. The van der Waals surface area contributed by atoms with Crippen LogP contribution in [0.2, 0.25) is 0 Å². The lowest BCUT2D eigenvalue weighted by molar-refractivity contribution is 0.140. The molecule has 0 saturated carbocycles. The molecule has 0 unspecified atom stereocenters. The molecule has 0 atom stereocenters. The van der Waals surface area contributed by atoms with Crippen molar-refractivity contribution in [2.75, 3.05) is 21.3 Å². The van der Waals surface area contributed by atoms with Gasteiger partial charge in [-0.3, -0.25) is 0 Å². The molecule has 0 aromatic heterocycles. The fraction of sp³-hybridized carbons (Fsp3) is 0.0476. The van der Waals surface area contributed by atoms with Crippen LogP contribution in [0.1, 0.15) is 0 Å². The molecular weight excluding hydrogens is 833 g/mol. The first-order chi connectivity index (χ1) is 33.0. The Labute approximate surface area is 386 Å². The molecule has 0 aliphatic heterocycles. The van der Waals surface area contributed by atoms with Crippen LogP contribution < -0.4 is 5.19 Å². The largest absolute Gasteiger partial charge is 0.536 e. The van der Waals surface area contributed by atoms with Gasteiger partial charge in [0.15, 0.2) is 0 Å². The van der Waals surface area contributed by atoms with Crippen molar-refractivity contribution in [2.45, 2.75) is 0 Å². The third-order valence-corrected chi connectivity index (χ3v) is 18.0. The Morgan fingerprint density at radius 1 is 0.239 bits per heavy atom. The normalized spacial score (nSPS) is 12.9. The van der Waals surface area contributed by atoms with Crippen molar-refractivity contribution in [1.82, 2.24) is 0 Å². The van der Waals surface area contributed by atoms with Gasteiger partial charge in [-0.05, 0) is 212 Å². The van der Waals surface area contributed by atoms with E-state index in [9.17, 15) is 0 Å². The van der Waals surface area contributed by atoms with Crippen LogP contribution >= 0.6 is 0 Å². The Morgan fingerprint density at radius 2 is 0.478 bits per heavy atom. The summed E-state index contributed by atoms with van der Waals surface area (Å²) in [6.45, 7) is 0.